The Hall–Kier alpha value is -1.61. The van der Waals surface area contributed by atoms with Crippen molar-refractivity contribution in [2.45, 2.75) is 31.9 Å². The van der Waals surface area contributed by atoms with Gasteiger partial charge in [0.05, 0.1) is 33.7 Å². The first-order valence-corrected chi connectivity index (χ1v) is 12.4. The van der Waals surface area contributed by atoms with Crippen LogP contribution in [0.1, 0.15) is 39.7 Å². The van der Waals surface area contributed by atoms with Crippen LogP contribution in [0.5, 0.6) is 0 Å². The highest BCUT2D eigenvalue weighted by atomic mass is 35.5. The van der Waals surface area contributed by atoms with Crippen molar-refractivity contribution in [3.05, 3.63) is 49.8 Å². The van der Waals surface area contributed by atoms with Gasteiger partial charge >= 0.3 is 5.97 Å². The SMILES string of the molecule is CCOC(=O)c1c(NC(=O)CCc2cccc(Cl)c2Cl)sc2c1CCS(=O)(=O)C2. The number of nitrogens with one attached hydrogen (secondary N) is 1. The molecule has 10 heteroatoms. The van der Waals surface area contributed by atoms with Crippen molar-refractivity contribution in [3.63, 3.8) is 0 Å². The molecule has 156 valence electrons. The smallest absolute Gasteiger partial charge is 0.341 e. The molecule has 0 aliphatic carbocycles. The Morgan fingerprint density at radius 1 is 1.28 bits per heavy atom. The number of hydrogen-bond donors (Lipinski definition) is 1. The van der Waals surface area contributed by atoms with E-state index in [-0.39, 0.29) is 42.4 Å². The number of halogens is 2. The van der Waals surface area contributed by atoms with Crippen LogP contribution in [0.25, 0.3) is 0 Å². The molecule has 1 aliphatic rings. The molecule has 29 heavy (non-hydrogen) atoms. The molecule has 0 atom stereocenters. The molecule has 0 spiro atoms. The van der Waals surface area contributed by atoms with Crippen molar-refractivity contribution in [1.82, 2.24) is 0 Å². The molecule has 2 heterocycles. The van der Waals surface area contributed by atoms with Crippen molar-refractivity contribution in [1.29, 1.82) is 0 Å². The number of esters is 1. The van der Waals surface area contributed by atoms with E-state index in [1.807, 2.05) is 0 Å². The third-order valence-electron chi connectivity index (χ3n) is 4.49. The monoisotopic (exact) mass is 475 g/mol. The fourth-order valence-corrected chi connectivity index (χ4v) is 6.58. The lowest BCUT2D eigenvalue weighted by molar-refractivity contribution is -0.116. The normalized spacial score (nSPS) is 14.9. The maximum Gasteiger partial charge on any atom is 0.341 e. The molecular weight excluding hydrogens is 457 g/mol. The zero-order valence-electron chi connectivity index (χ0n) is 15.6. The summed E-state index contributed by atoms with van der Waals surface area (Å²) in [5.41, 5.74) is 1.66. The van der Waals surface area contributed by atoms with E-state index in [1.54, 1.807) is 25.1 Å². The highest BCUT2D eigenvalue weighted by molar-refractivity contribution is 7.90. The van der Waals surface area contributed by atoms with E-state index in [0.29, 0.717) is 31.9 Å². The number of hydrogen-bond acceptors (Lipinski definition) is 6. The third kappa shape index (κ3) is 5.12. The summed E-state index contributed by atoms with van der Waals surface area (Å²) in [6.07, 6.45) is 0.735. The van der Waals surface area contributed by atoms with Gasteiger partial charge in [-0.1, -0.05) is 35.3 Å². The van der Waals surface area contributed by atoms with E-state index in [0.717, 1.165) is 16.9 Å². The number of thiophene rings is 1. The third-order valence-corrected chi connectivity index (χ3v) is 8.23. The number of fused-ring (bicyclic) bond motifs is 1. The number of rotatable bonds is 6. The minimum atomic E-state index is -3.20. The van der Waals surface area contributed by atoms with Crippen LogP contribution in [0, 0.1) is 0 Å². The molecule has 1 aromatic heterocycles. The van der Waals surface area contributed by atoms with Crippen molar-refractivity contribution in [2.75, 3.05) is 17.7 Å². The maximum atomic E-state index is 12.5. The van der Waals surface area contributed by atoms with E-state index in [9.17, 15) is 18.0 Å². The molecule has 0 radical (unpaired) electrons. The van der Waals surface area contributed by atoms with Gasteiger partial charge in [-0.3, -0.25) is 4.79 Å². The second-order valence-corrected chi connectivity index (χ2v) is 10.6. The second-order valence-electron chi connectivity index (χ2n) is 6.53. The maximum absolute atomic E-state index is 12.5. The summed E-state index contributed by atoms with van der Waals surface area (Å²) < 4.78 is 29.0. The molecule has 1 amide bonds. The average Bonchev–Trinajstić information content (AvgIpc) is 2.98. The van der Waals surface area contributed by atoms with E-state index < -0.39 is 15.8 Å². The molecule has 3 rings (SSSR count). The Bertz CT molecular complexity index is 1060. The summed E-state index contributed by atoms with van der Waals surface area (Å²) in [5.74, 6) is -1.03. The summed E-state index contributed by atoms with van der Waals surface area (Å²) in [6, 6.07) is 5.22. The summed E-state index contributed by atoms with van der Waals surface area (Å²) in [7, 11) is -3.20. The standard InChI is InChI=1S/C19H19Cl2NO5S2/c1-2-27-19(24)16-12-8-9-29(25,26)10-14(12)28-18(16)22-15(23)7-6-11-4-3-5-13(20)17(11)21/h3-5H,2,6-10H2,1H3,(H,22,23). The number of anilines is 1. The molecule has 0 saturated heterocycles. The number of carbonyl (C=O) groups is 2. The molecule has 0 unspecified atom stereocenters. The summed E-state index contributed by atoms with van der Waals surface area (Å²) in [5, 5.41) is 3.90. The fraction of sp³-hybridized carbons (Fsp3) is 0.368. The van der Waals surface area contributed by atoms with Gasteiger partial charge in [-0.15, -0.1) is 11.3 Å². The summed E-state index contributed by atoms with van der Waals surface area (Å²) in [6.45, 7) is 1.87. The van der Waals surface area contributed by atoms with E-state index in [1.165, 1.54) is 0 Å². The van der Waals surface area contributed by atoms with Crippen LogP contribution in [-0.2, 0) is 38.0 Å². The molecule has 1 aromatic carbocycles. The number of aryl methyl sites for hydroxylation is 1. The van der Waals surface area contributed by atoms with Gasteiger partial charge in [0.15, 0.2) is 9.84 Å². The fourth-order valence-electron chi connectivity index (χ4n) is 3.11. The first-order valence-electron chi connectivity index (χ1n) is 8.96. The number of ether oxygens (including phenoxy) is 1. The van der Waals surface area contributed by atoms with Crippen LogP contribution in [0.4, 0.5) is 5.00 Å². The minimum absolute atomic E-state index is 0.0240. The zero-order chi connectivity index (χ0) is 21.2. The van der Waals surface area contributed by atoms with Gasteiger partial charge in [0.2, 0.25) is 5.91 Å². The molecule has 6 nitrogen and oxygen atoms in total. The molecule has 2 aromatic rings. The van der Waals surface area contributed by atoms with Crippen molar-refractivity contribution in [3.8, 4) is 0 Å². The van der Waals surface area contributed by atoms with Crippen LogP contribution < -0.4 is 5.32 Å². The van der Waals surface area contributed by atoms with Crippen LogP contribution in [0.3, 0.4) is 0 Å². The average molecular weight is 476 g/mol. The Morgan fingerprint density at radius 3 is 2.76 bits per heavy atom. The van der Waals surface area contributed by atoms with E-state index >= 15 is 0 Å². The van der Waals surface area contributed by atoms with Crippen LogP contribution in [0.2, 0.25) is 10.0 Å². The number of benzene rings is 1. The van der Waals surface area contributed by atoms with Gasteiger partial charge in [-0.2, -0.15) is 0 Å². The van der Waals surface area contributed by atoms with Gasteiger partial charge in [0.25, 0.3) is 0 Å². The first kappa shape index (κ1) is 22.1. The van der Waals surface area contributed by atoms with Crippen molar-refractivity contribution >= 4 is 61.3 Å². The van der Waals surface area contributed by atoms with Crippen molar-refractivity contribution in [2.24, 2.45) is 0 Å². The predicted octanol–water partition coefficient (Wildman–Crippen LogP) is 4.27. The highest BCUT2D eigenvalue weighted by Crippen LogP contribution is 2.38. The molecule has 0 fully saturated rings. The van der Waals surface area contributed by atoms with Gasteiger partial charge in [-0.05, 0) is 37.0 Å². The topological polar surface area (TPSA) is 89.5 Å². The molecule has 0 saturated carbocycles. The van der Waals surface area contributed by atoms with E-state index in [4.69, 9.17) is 27.9 Å². The Balaban J connectivity index is 1.80. The second kappa shape index (κ2) is 9.04. The van der Waals surface area contributed by atoms with Crippen molar-refractivity contribution < 1.29 is 22.7 Å². The first-order chi connectivity index (χ1) is 13.7. The minimum Gasteiger partial charge on any atom is -0.462 e. The number of amides is 1. The summed E-state index contributed by atoms with van der Waals surface area (Å²) in [4.78, 5) is 25.5. The largest absolute Gasteiger partial charge is 0.462 e. The number of carbonyl (C=O) groups excluding carboxylic acids is 2. The molecule has 1 aliphatic heterocycles. The van der Waals surface area contributed by atoms with Crippen LogP contribution >= 0.6 is 34.5 Å². The Kier molecular flexibility index (Phi) is 6.88. The Morgan fingerprint density at radius 2 is 2.03 bits per heavy atom. The van der Waals surface area contributed by atoms with E-state index in [2.05, 4.69) is 5.32 Å². The lowest BCUT2D eigenvalue weighted by Crippen LogP contribution is -2.20. The Labute approximate surface area is 183 Å². The lowest BCUT2D eigenvalue weighted by atomic mass is 10.1. The highest BCUT2D eigenvalue weighted by Gasteiger charge is 2.32. The van der Waals surface area contributed by atoms with Gasteiger partial charge in [-0.25, -0.2) is 13.2 Å². The van der Waals surface area contributed by atoms with Crippen LogP contribution in [-0.4, -0.2) is 32.7 Å². The van der Waals surface area contributed by atoms with Gasteiger partial charge in [0, 0.05) is 11.3 Å². The molecule has 0 bridgehead atoms. The molecule has 1 N–H and O–H groups in total. The zero-order valence-corrected chi connectivity index (χ0v) is 18.7. The van der Waals surface area contributed by atoms with Crippen LogP contribution in [0.15, 0.2) is 18.2 Å². The summed E-state index contributed by atoms with van der Waals surface area (Å²) >= 11 is 13.3. The number of sulfone groups is 1. The molecular formula is C19H19Cl2NO5S2. The van der Waals surface area contributed by atoms with Gasteiger partial charge in [0.1, 0.15) is 5.00 Å². The lowest BCUT2D eigenvalue weighted by Gasteiger charge is -2.13. The quantitative estimate of drug-likeness (QED) is 0.629. The van der Waals surface area contributed by atoms with Gasteiger partial charge < -0.3 is 10.1 Å². The predicted molar refractivity (Wildman–Crippen MR) is 115 cm³/mol.